The lowest BCUT2D eigenvalue weighted by Gasteiger charge is -2.17. The Kier molecular flexibility index (Phi) is 11.1. The number of carbonyl (C=O) groups is 2. The van der Waals surface area contributed by atoms with Crippen LogP contribution in [0.15, 0.2) is 0 Å². The molecule has 0 saturated heterocycles. The first-order chi connectivity index (χ1) is 9.45. The lowest BCUT2D eigenvalue weighted by Crippen LogP contribution is -2.30. The van der Waals surface area contributed by atoms with Crippen LogP contribution < -0.4 is 11.1 Å². The fraction of sp³-hybridized carbons (Fsp3) is 0.867. The summed E-state index contributed by atoms with van der Waals surface area (Å²) in [5, 5.41) is 11.7. The lowest BCUT2D eigenvalue weighted by molar-refractivity contribution is -0.138. The molecule has 0 heterocycles. The molecule has 20 heavy (non-hydrogen) atoms. The van der Waals surface area contributed by atoms with Crippen LogP contribution in [0.4, 0.5) is 0 Å². The third-order valence-electron chi connectivity index (χ3n) is 3.21. The summed E-state index contributed by atoms with van der Waals surface area (Å²) in [4.78, 5) is 22.5. The van der Waals surface area contributed by atoms with Crippen molar-refractivity contribution in [1.29, 1.82) is 0 Å². The van der Waals surface area contributed by atoms with Gasteiger partial charge in [-0.05, 0) is 37.6 Å². The van der Waals surface area contributed by atoms with E-state index in [1.54, 1.807) is 0 Å². The molecule has 0 spiro atoms. The van der Waals surface area contributed by atoms with Crippen molar-refractivity contribution in [2.75, 3.05) is 13.1 Å². The monoisotopic (exact) mass is 286 g/mol. The van der Waals surface area contributed by atoms with Crippen LogP contribution in [0.3, 0.4) is 0 Å². The van der Waals surface area contributed by atoms with E-state index in [0.29, 0.717) is 25.4 Å². The van der Waals surface area contributed by atoms with Crippen molar-refractivity contribution in [3.63, 3.8) is 0 Å². The van der Waals surface area contributed by atoms with Gasteiger partial charge in [-0.2, -0.15) is 0 Å². The van der Waals surface area contributed by atoms with Crippen LogP contribution in [0, 0.1) is 11.8 Å². The summed E-state index contributed by atoms with van der Waals surface area (Å²) in [6, 6.07) is 0. The van der Waals surface area contributed by atoms with Gasteiger partial charge in [0.15, 0.2) is 0 Å². The number of carboxylic acids is 1. The number of nitrogens with one attached hydrogen (secondary N) is 1. The summed E-state index contributed by atoms with van der Waals surface area (Å²) in [5.41, 5.74) is 5.40. The molecule has 0 aromatic heterocycles. The molecule has 0 aliphatic carbocycles. The Morgan fingerprint density at radius 3 is 2.35 bits per heavy atom. The standard InChI is InChI=1S/C15H30N2O3/c1-12(2)9-13(10-15(19)20)11-17-14(18)7-5-3-4-6-8-16/h12-13H,3-11,16H2,1-2H3,(H,17,18)(H,19,20). The van der Waals surface area contributed by atoms with E-state index in [1.807, 2.05) is 0 Å². The molecule has 0 saturated carbocycles. The number of carboxylic acid groups (broad SMARTS) is 1. The zero-order valence-electron chi connectivity index (χ0n) is 12.9. The van der Waals surface area contributed by atoms with Gasteiger partial charge in [0.1, 0.15) is 0 Å². The van der Waals surface area contributed by atoms with Crippen molar-refractivity contribution < 1.29 is 14.7 Å². The van der Waals surface area contributed by atoms with Gasteiger partial charge in [0.25, 0.3) is 0 Å². The van der Waals surface area contributed by atoms with Crippen molar-refractivity contribution in [1.82, 2.24) is 5.32 Å². The van der Waals surface area contributed by atoms with Gasteiger partial charge in [0.05, 0.1) is 0 Å². The molecule has 0 aromatic carbocycles. The topological polar surface area (TPSA) is 92.4 Å². The fourth-order valence-corrected chi connectivity index (χ4v) is 2.28. The zero-order valence-corrected chi connectivity index (χ0v) is 12.9. The molecule has 0 rings (SSSR count). The number of aliphatic carboxylic acids is 1. The molecule has 0 fully saturated rings. The maximum Gasteiger partial charge on any atom is 0.303 e. The number of rotatable bonds is 12. The summed E-state index contributed by atoms with van der Waals surface area (Å²) in [5.74, 6) is -0.315. The first kappa shape index (κ1) is 18.9. The molecule has 0 aliphatic rings. The smallest absolute Gasteiger partial charge is 0.303 e. The summed E-state index contributed by atoms with van der Waals surface area (Å²) in [6.45, 7) is 5.30. The average molecular weight is 286 g/mol. The molecule has 1 unspecified atom stereocenters. The molecule has 1 amide bonds. The van der Waals surface area contributed by atoms with Crippen molar-refractivity contribution in [3.05, 3.63) is 0 Å². The Morgan fingerprint density at radius 2 is 1.80 bits per heavy atom. The summed E-state index contributed by atoms with van der Waals surface area (Å²) in [7, 11) is 0. The number of hydrogen-bond donors (Lipinski definition) is 3. The van der Waals surface area contributed by atoms with Crippen molar-refractivity contribution in [2.45, 2.75) is 58.8 Å². The van der Waals surface area contributed by atoms with Crippen LogP contribution in [0.1, 0.15) is 58.8 Å². The minimum atomic E-state index is -0.799. The summed E-state index contributed by atoms with van der Waals surface area (Å²) < 4.78 is 0. The lowest BCUT2D eigenvalue weighted by atomic mass is 9.94. The highest BCUT2D eigenvalue weighted by Gasteiger charge is 2.15. The van der Waals surface area contributed by atoms with E-state index in [0.717, 1.165) is 32.1 Å². The zero-order chi connectivity index (χ0) is 15.4. The maximum absolute atomic E-state index is 11.7. The quantitative estimate of drug-likeness (QED) is 0.479. The molecule has 5 nitrogen and oxygen atoms in total. The van der Waals surface area contributed by atoms with Crippen molar-refractivity contribution >= 4 is 11.9 Å². The number of hydrogen-bond acceptors (Lipinski definition) is 3. The largest absolute Gasteiger partial charge is 0.481 e. The second-order valence-corrected chi connectivity index (χ2v) is 5.85. The molecule has 0 radical (unpaired) electrons. The fourth-order valence-electron chi connectivity index (χ4n) is 2.28. The molecule has 4 N–H and O–H groups in total. The van der Waals surface area contributed by atoms with Gasteiger partial charge in [0, 0.05) is 19.4 Å². The van der Waals surface area contributed by atoms with Gasteiger partial charge < -0.3 is 16.2 Å². The van der Waals surface area contributed by atoms with E-state index in [9.17, 15) is 9.59 Å². The van der Waals surface area contributed by atoms with Gasteiger partial charge in [0.2, 0.25) is 5.91 Å². The predicted octanol–water partition coefficient (Wildman–Crippen LogP) is 2.15. The summed E-state index contributed by atoms with van der Waals surface area (Å²) >= 11 is 0. The number of unbranched alkanes of at least 4 members (excludes halogenated alkanes) is 3. The molecule has 0 aliphatic heterocycles. The van der Waals surface area contributed by atoms with Crippen LogP contribution in [0.2, 0.25) is 0 Å². The molecular weight excluding hydrogens is 256 g/mol. The number of nitrogens with two attached hydrogens (primary N) is 1. The van der Waals surface area contributed by atoms with E-state index < -0.39 is 5.97 Å². The average Bonchev–Trinajstić information content (AvgIpc) is 2.34. The third kappa shape index (κ3) is 12.0. The van der Waals surface area contributed by atoms with Gasteiger partial charge in [-0.25, -0.2) is 0 Å². The normalized spacial score (nSPS) is 12.4. The van der Waals surface area contributed by atoms with E-state index >= 15 is 0 Å². The Labute approximate surface area is 122 Å². The highest BCUT2D eigenvalue weighted by molar-refractivity contribution is 5.75. The first-order valence-corrected chi connectivity index (χ1v) is 7.64. The van der Waals surface area contributed by atoms with Crippen molar-refractivity contribution in [3.8, 4) is 0 Å². The Bertz CT molecular complexity index is 280. The Hall–Kier alpha value is -1.10. The van der Waals surface area contributed by atoms with Gasteiger partial charge >= 0.3 is 5.97 Å². The Balaban J connectivity index is 3.83. The number of carbonyl (C=O) groups excluding carboxylic acids is 1. The number of amides is 1. The van der Waals surface area contributed by atoms with Crippen LogP contribution in [0.25, 0.3) is 0 Å². The van der Waals surface area contributed by atoms with Gasteiger partial charge in [-0.3, -0.25) is 9.59 Å². The molecule has 0 bridgehead atoms. The highest BCUT2D eigenvalue weighted by atomic mass is 16.4. The molecular formula is C15H30N2O3. The molecule has 118 valence electrons. The Morgan fingerprint density at radius 1 is 1.15 bits per heavy atom. The SMILES string of the molecule is CC(C)CC(CNC(=O)CCCCCCN)CC(=O)O. The van der Waals surface area contributed by atoms with E-state index in [1.165, 1.54) is 0 Å². The van der Waals surface area contributed by atoms with Gasteiger partial charge in [-0.15, -0.1) is 0 Å². The van der Waals surface area contributed by atoms with Crippen LogP contribution in [-0.4, -0.2) is 30.1 Å². The van der Waals surface area contributed by atoms with Crippen LogP contribution in [0.5, 0.6) is 0 Å². The van der Waals surface area contributed by atoms with Gasteiger partial charge in [-0.1, -0.05) is 26.7 Å². The molecule has 5 heteroatoms. The second kappa shape index (κ2) is 11.7. The van der Waals surface area contributed by atoms with Crippen LogP contribution >= 0.6 is 0 Å². The second-order valence-electron chi connectivity index (χ2n) is 5.85. The van der Waals surface area contributed by atoms with E-state index in [2.05, 4.69) is 19.2 Å². The van der Waals surface area contributed by atoms with Crippen LogP contribution in [-0.2, 0) is 9.59 Å². The first-order valence-electron chi connectivity index (χ1n) is 7.64. The molecule has 1 atom stereocenters. The minimum Gasteiger partial charge on any atom is -0.481 e. The van der Waals surface area contributed by atoms with E-state index in [4.69, 9.17) is 10.8 Å². The highest BCUT2D eigenvalue weighted by Crippen LogP contribution is 2.14. The van der Waals surface area contributed by atoms with Crippen molar-refractivity contribution in [2.24, 2.45) is 17.6 Å². The maximum atomic E-state index is 11.7. The minimum absolute atomic E-state index is 0.0219. The third-order valence-corrected chi connectivity index (χ3v) is 3.21. The predicted molar refractivity (Wildman–Crippen MR) is 80.3 cm³/mol. The summed E-state index contributed by atoms with van der Waals surface area (Å²) in [6.07, 6.45) is 5.44. The van der Waals surface area contributed by atoms with E-state index in [-0.39, 0.29) is 18.2 Å². The molecule has 0 aromatic rings.